The third-order valence-corrected chi connectivity index (χ3v) is 3.80. The Morgan fingerprint density at radius 2 is 1.45 bits per heavy atom. The third-order valence-electron chi connectivity index (χ3n) is 3.49. The van der Waals surface area contributed by atoms with Crippen molar-refractivity contribution in [2.24, 2.45) is 0 Å². The molecule has 0 saturated carbocycles. The van der Waals surface area contributed by atoms with E-state index in [2.05, 4.69) is 57.2 Å². The lowest BCUT2D eigenvalue weighted by Crippen LogP contribution is -2.00. The molecule has 0 N–H and O–H groups in total. The zero-order valence-corrected chi connectivity index (χ0v) is 13.1. The van der Waals surface area contributed by atoms with E-state index in [4.69, 9.17) is 16.3 Å². The molecule has 0 saturated heterocycles. The first-order valence-corrected chi connectivity index (χ1v) is 7.54. The predicted octanol–water partition coefficient (Wildman–Crippen LogP) is 5.18. The van der Waals surface area contributed by atoms with Gasteiger partial charge in [-0.1, -0.05) is 43.3 Å². The third kappa shape index (κ3) is 3.55. The Hall–Kier alpha value is -1.47. The Balaban J connectivity index is 2.10. The minimum absolute atomic E-state index is 0.542. The summed E-state index contributed by atoms with van der Waals surface area (Å²) in [6, 6.07) is 12.8. The van der Waals surface area contributed by atoms with Gasteiger partial charge in [0.25, 0.3) is 0 Å². The smallest absolute Gasteiger partial charge is 0.125 e. The number of benzene rings is 2. The van der Waals surface area contributed by atoms with Gasteiger partial charge in [0.15, 0.2) is 0 Å². The molecule has 2 aromatic carbocycles. The van der Waals surface area contributed by atoms with E-state index in [0.717, 1.165) is 28.9 Å². The van der Waals surface area contributed by atoms with Gasteiger partial charge in [-0.3, -0.25) is 0 Å². The molecule has 1 nitrogen and oxygen atoms in total. The van der Waals surface area contributed by atoms with E-state index < -0.39 is 0 Å². The Morgan fingerprint density at radius 3 is 1.95 bits per heavy atom. The first kappa shape index (κ1) is 14.9. The summed E-state index contributed by atoms with van der Waals surface area (Å²) in [6.07, 6.45) is 1.07. The fourth-order valence-corrected chi connectivity index (χ4v) is 2.53. The van der Waals surface area contributed by atoms with Crippen molar-refractivity contribution in [3.05, 3.63) is 64.2 Å². The minimum Gasteiger partial charge on any atom is -0.488 e. The maximum atomic E-state index is 5.98. The predicted molar refractivity (Wildman–Crippen MR) is 85.6 cm³/mol. The number of ether oxygens (including phenoxy) is 1. The molecule has 0 amide bonds. The summed E-state index contributed by atoms with van der Waals surface area (Å²) in [7, 11) is 0. The number of hydrogen-bond donors (Lipinski definition) is 0. The van der Waals surface area contributed by atoms with Crippen molar-refractivity contribution in [3.63, 3.8) is 0 Å². The molecule has 0 aromatic heterocycles. The summed E-state index contributed by atoms with van der Waals surface area (Å²) >= 11 is 5.88. The fourth-order valence-electron chi connectivity index (χ4n) is 2.37. The van der Waals surface area contributed by atoms with Crippen molar-refractivity contribution < 1.29 is 4.74 Å². The topological polar surface area (TPSA) is 9.23 Å². The van der Waals surface area contributed by atoms with Gasteiger partial charge >= 0.3 is 0 Å². The van der Waals surface area contributed by atoms with Gasteiger partial charge < -0.3 is 4.74 Å². The number of rotatable bonds is 5. The Bertz CT molecular complexity index is 549. The first-order chi connectivity index (χ1) is 9.63. The summed E-state index contributed by atoms with van der Waals surface area (Å²) < 4.78 is 5.98. The molecule has 0 aliphatic heterocycles. The molecule has 2 aromatic rings. The summed E-state index contributed by atoms with van der Waals surface area (Å²) in [5, 5.41) is 0. The number of halogens is 1. The molecule has 2 rings (SSSR count). The summed E-state index contributed by atoms with van der Waals surface area (Å²) in [4.78, 5) is 0. The molecule has 0 atom stereocenters. The number of hydrogen-bond acceptors (Lipinski definition) is 1. The van der Waals surface area contributed by atoms with E-state index in [9.17, 15) is 0 Å². The van der Waals surface area contributed by atoms with Crippen LogP contribution in [0.4, 0.5) is 0 Å². The van der Waals surface area contributed by atoms with E-state index >= 15 is 0 Å². The van der Waals surface area contributed by atoms with Crippen LogP contribution in [0.25, 0.3) is 0 Å². The maximum absolute atomic E-state index is 5.98. The van der Waals surface area contributed by atoms with E-state index in [1.807, 2.05) is 0 Å². The summed E-state index contributed by atoms with van der Waals surface area (Å²) in [5.41, 5.74) is 5.98. The molecule has 0 bridgehead atoms. The van der Waals surface area contributed by atoms with Crippen LogP contribution in [0.1, 0.15) is 34.7 Å². The second-order valence-electron chi connectivity index (χ2n) is 5.15. The van der Waals surface area contributed by atoms with Crippen molar-refractivity contribution in [1.29, 1.82) is 0 Å². The fraction of sp³-hybridized carbons (Fsp3) is 0.333. The van der Waals surface area contributed by atoms with Crippen LogP contribution in [0.15, 0.2) is 36.4 Å². The number of alkyl halides is 1. The van der Waals surface area contributed by atoms with Gasteiger partial charge in [-0.15, -0.1) is 11.6 Å². The van der Waals surface area contributed by atoms with Crippen molar-refractivity contribution in [2.45, 2.75) is 39.7 Å². The highest BCUT2D eigenvalue weighted by atomic mass is 35.5. The number of aryl methyl sites for hydroxylation is 3. The van der Waals surface area contributed by atoms with Crippen LogP contribution in [-0.4, -0.2) is 0 Å². The molecule has 0 spiro atoms. The average molecular weight is 289 g/mol. The van der Waals surface area contributed by atoms with Gasteiger partial charge in [-0.05, 0) is 48.1 Å². The van der Waals surface area contributed by atoms with Crippen LogP contribution in [0.5, 0.6) is 5.75 Å². The average Bonchev–Trinajstić information content (AvgIpc) is 2.46. The monoisotopic (exact) mass is 288 g/mol. The van der Waals surface area contributed by atoms with Crippen molar-refractivity contribution in [3.8, 4) is 5.75 Å². The second-order valence-corrected chi connectivity index (χ2v) is 5.42. The zero-order chi connectivity index (χ0) is 14.5. The first-order valence-electron chi connectivity index (χ1n) is 7.00. The lowest BCUT2D eigenvalue weighted by molar-refractivity contribution is 0.302. The SMILES string of the molecule is CCc1ccc(COc2c(C)cc(CCl)cc2C)cc1. The van der Waals surface area contributed by atoms with Crippen molar-refractivity contribution in [2.75, 3.05) is 0 Å². The highest BCUT2D eigenvalue weighted by molar-refractivity contribution is 6.17. The molecule has 2 heteroatoms. The van der Waals surface area contributed by atoms with E-state index in [1.54, 1.807) is 0 Å². The van der Waals surface area contributed by atoms with Crippen LogP contribution in [-0.2, 0) is 18.9 Å². The van der Waals surface area contributed by atoms with Crippen LogP contribution >= 0.6 is 11.6 Å². The van der Waals surface area contributed by atoms with E-state index in [0.29, 0.717) is 12.5 Å². The van der Waals surface area contributed by atoms with Gasteiger partial charge in [0, 0.05) is 5.88 Å². The normalized spacial score (nSPS) is 10.6. The molecule has 106 valence electrons. The van der Waals surface area contributed by atoms with Crippen LogP contribution in [0.3, 0.4) is 0 Å². The largest absolute Gasteiger partial charge is 0.488 e. The molecular weight excluding hydrogens is 268 g/mol. The van der Waals surface area contributed by atoms with Gasteiger partial charge in [0.1, 0.15) is 12.4 Å². The van der Waals surface area contributed by atoms with Gasteiger partial charge in [0.05, 0.1) is 0 Å². The summed E-state index contributed by atoms with van der Waals surface area (Å²) in [6.45, 7) is 6.90. The van der Waals surface area contributed by atoms with Crippen LogP contribution in [0, 0.1) is 13.8 Å². The molecule has 0 fully saturated rings. The molecular formula is C18H21ClO. The lowest BCUT2D eigenvalue weighted by atomic mass is 10.1. The minimum atomic E-state index is 0.542. The van der Waals surface area contributed by atoms with Crippen molar-refractivity contribution in [1.82, 2.24) is 0 Å². The quantitative estimate of drug-likeness (QED) is 0.689. The molecule has 0 aliphatic rings. The van der Waals surface area contributed by atoms with E-state index in [-0.39, 0.29) is 0 Å². The van der Waals surface area contributed by atoms with Crippen LogP contribution < -0.4 is 4.74 Å². The van der Waals surface area contributed by atoms with Gasteiger partial charge in [-0.2, -0.15) is 0 Å². The molecule has 20 heavy (non-hydrogen) atoms. The standard InChI is InChI=1S/C18H21ClO/c1-4-15-5-7-16(8-6-15)12-20-18-13(2)9-17(11-19)10-14(18)3/h5-10H,4,11-12H2,1-3H3. The van der Waals surface area contributed by atoms with Gasteiger partial charge in [0.2, 0.25) is 0 Å². The Kier molecular flexibility index (Phi) is 5.08. The highest BCUT2D eigenvalue weighted by Gasteiger charge is 2.06. The maximum Gasteiger partial charge on any atom is 0.125 e. The molecule has 0 heterocycles. The highest BCUT2D eigenvalue weighted by Crippen LogP contribution is 2.26. The second kappa shape index (κ2) is 6.81. The Labute approximate surface area is 126 Å². The van der Waals surface area contributed by atoms with Gasteiger partial charge in [-0.25, -0.2) is 0 Å². The lowest BCUT2D eigenvalue weighted by Gasteiger charge is -2.13. The zero-order valence-electron chi connectivity index (χ0n) is 12.4. The van der Waals surface area contributed by atoms with Crippen LogP contribution in [0.2, 0.25) is 0 Å². The molecule has 0 unspecified atom stereocenters. The van der Waals surface area contributed by atoms with Crippen molar-refractivity contribution >= 4 is 11.6 Å². The molecule has 0 radical (unpaired) electrons. The summed E-state index contributed by atoms with van der Waals surface area (Å²) in [5.74, 6) is 1.51. The molecule has 0 aliphatic carbocycles. The Morgan fingerprint density at radius 1 is 0.900 bits per heavy atom. The van der Waals surface area contributed by atoms with E-state index in [1.165, 1.54) is 11.1 Å².